The Bertz CT molecular complexity index is 1930. The first-order valence-corrected chi connectivity index (χ1v) is 17.6. The first-order chi connectivity index (χ1) is 25.6. The summed E-state index contributed by atoms with van der Waals surface area (Å²) in [4.78, 5) is 69.2. The lowest BCUT2D eigenvalue weighted by atomic mass is 9.89. The van der Waals surface area contributed by atoms with Crippen LogP contribution < -0.4 is 30.7 Å². The van der Waals surface area contributed by atoms with Crippen molar-refractivity contribution in [3.63, 3.8) is 0 Å². The molecule has 0 aliphatic carbocycles. The number of carbonyl (C=O) groups excluding carboxylic acids is 5. The SMILES string of the molecule is C[C@@H]1NC(=O)[C@H](CO)NC(=O)[C@@H](Cc2ccccc2)NC(=O)C2(CCN(C(=O)Cn3ncc4ccccc43)CC2)Oc2ccc(cc2)OCCNC1=O. The van der Waals surface area contributed by atoms with Gasteiger partial charge in [0, 0.05) is 37.7 Å². The van der Waals surface area contributed by atoms with E-state index >= 15 is 0 Å². The lowest BCUT2D eigenvalue weighted by molar-refractivity contribution is -0.148. The van der Waals surface area contributed by atoms with Gasteiger partial charge in [0.1, 0.15) is 42.8 Å². The van der Waals surface area contributed by atoms with Gasteiger partial charge in [-0.25, -0.2) is 0 Å². The van der Waals surface area contributed by atoms with E-state index in [9.17, 15) is 29.1 Å². The monoisotopic (exact) mass is 725 g/mol. The highest BCUT2D eigenvalue weighted by atomic mass is 16.5. The van der Waals surface area contributed by atoms with E-state index in [1.165, 1.54) is 6.92 Å². The molecule has 3 aromatic carbocycles. The van der Waals surface area contributed by atoms with Gasteiger partial charge in [0.15, 0.2) is 5.60 Å². The minimum Gasteiger partial charge on any atom is -0.492 e. The largest absolute Gasteiger partial charge is 0.492 e. The predicted molar refractivity (Wildman–Crippen MR) is 193 cm³/mol. The van der Waals surface area contributed by atoms with Crippen LogP contribution in [0.2, 0.25) is 0 Å². The fourth-order valence-electron chi connectivity index (χ4n) is 6.39. The smallest absolute Gasteiger partial charge is 0.265 e. The fraction of sp³-hybridized carbons (Fsp3) is 0.368. The molecule has 1 fully saturated rings. The molecule has 3 aliphatic rings. The molecule has 1 spiro atoms. The second-order valence-electron chi connectivity index (χ2n) is 13.1. The second kappa shape index (κ2) is 16.6. The zero-order valence-corrected chi connectivity index (χ0v) is 29.3. The summed E-state index contributed by atoms with van der Waals surface area (Å²) in [6.45, 7) is 1.41. The number of aliphatic hydroxyl groups excluding tert-OH is 1. The van der Waals surface area contributed by atoms with Crippen LogP contribution in [0, 0.1) is 0 Å². The van der Waals surface area contributed by atoms with Gasteiger partial charge in [-0.1, -0.05) is 48.5 Å². The molecule has 0 radical (unpaired) electrons. The number of benzene rings is 3. The average Bonchev–Trinajstić information content (AvgIpc) is 3.58. The Balaban J connectivity index is 1.27. The summed E-state index contributed by atoms with van der Waals surface area (Å²) in [7, 11) is 0. The summed E-state index contributed by atoms with van der Waals surface area (Å²) < 4.78 is 13.9. The number of piperidine rings is 1. The number of hydrogen-bond acceptors (Lipinski definition) is 9. The van der Waals surface area contributed by atoms with Gasteiger partial charge in [0.05, 0.1) is 24.9 Å². The van der Waals surface area contributed by atoms with Crippen molar-refractivity contribution in [1.29, 1.82) is 0 Å². The molecular weight excluding hydrogens is 682 g/mol. The Labute approximate surface area is 306 Å². The van der Waals surface area contributed by atoms with Crippen molar-refractivity contribution in [3.05, 3.63) is 90.6 Å². The quantitative estimate of drug-likeness (QED) is 0.184. The lowest BCUT2D eigenvalue weighted by Crippen LogP contribution is -2.63. The lowest BCUT2D eigenvalue weighted by Gasteiger charge is -2.41. The van der Waals surface area contributed by atoms with Crippen LogP contribution in [0.4, 0.5) is 0 Å². The number of rotatable bonds is 5. The number of para-hydroxylation sites is 1. The molecule has 5 amide bonds. The number of fused-ring (bicyclic) bond motifs is 16. The molecule has 7 rings (SSSR count). The molecule has 0 unspecified atom stereocenters. The summed E-state index contributed by atoms with van der Waals surface area (Å²) in [6.07, 6.45) is 1.99. The first-order valence-electron chi connectivity index (χ1n) is 17.6. The predicted octanol–water partition coefficient (Wildman–Crippen LogP) is 0.694. The zero-order valence-electron chi connectivity index (χ0n) is 29.3. The molecule has 0 saturated carbocycles. The molecule has 4 aromatic rings. The third kappa shape index (κ3) is 8.92. The van der Waals surface area contributed by atoms with Gasteiger partial charge in [-0.15, -0.1) is 0 Å². The molecule has 15 nitrogen and oxygen atoms in total. The standard InChI is InChI=1S/C38H43N7O8/c1-25-34(48)39-17-20-52-28-11-13-29(14-12-28)53-38(15-18-44(19-16-38)33(47)23-45-32-10-6-5-9-27(32)22-40-45)37(51)43-30(21-26-7-3-2-4-8-26)35(49)42-31(24-46)36(50)41-25/h2-14,22,25,30-31,46H,15-21,23-24H2,1H3,(H,39,48)(H,41,50)(H,42,49)(H,43,51)/t25-,30+,31-/m0/s1. The van der Waals surface area contributed by atoms with Crippen molar-refractivity contribution in [2.75, 3.05) is 32.8 Å². The van der Waals surface area contributed by atoms with E-state index in [2.05, 4.69) is 26.4 Å². The number of aliphatic hydroxyl groups is 1. The van der Waals surface area contributed by atoms with Gasteiger partial charge in [0.2, 0.25) is 23.6 Å². The fourth-order valence-corrected chi connectivity index (χ4v) is 6.39. The Hall–Kier alpha value is -5.96. The highest BCUT2D eigenvalue weighted by Crippen LogP contribution is 2.31. The van der Waals surface area contributed by atoms with Gasteiger partial charge in [-0.3, -0.25) is 28.7 Å². The molecule has 2 bridgehead atoms. The molecule has 1 saturated heterocycles. The number of carbonyl (C=O) groups is 5. The van der Waals surface area contributed by atoms with Crippen molar-refractivity contribution in [1.82, 2.24) is 35.9 Å². The molecule has 53 heavy (non-hydrogen) atoms. The van der Waals surface area contributed by atoms with Crippen molar-refractivity contribution >= 4 is 40.4 Å². The topological polar surface area (TPSA) is 193 Å². The Morgan fingerprint density at radius 1 is 0.849 bits per heavy atom. The third-order valence-corrected chi connectivity index (χ3v) is 9.45. The minimum absolute atomic E-state index is 0.0242. The van der Waals surface area contributed by atoms with Crippen molar-refractivity contribution in [2.24, 2.45) is 0 Å². The van der Waals surface area contributed by atoms with Crippen LogP contribution in [0.25, 0.3) is 10.9 Å². The molecule has 1 aromatic heterocycles. The van der Waals surface area contributed by atoms with E-state index in [-0.39, 0.29) is 58.0 Å². The second-order valence-corrected chi connectivity index (χ2v) is 13.1. The molecule has 3 aliphatic heterocycles. The van der Waals surface area contributed by atoms with Gasteiger partial charge >= 0.3 is 0 Å². The molecule has 5 N–H and O–H groups in total. The van der Waals surface area contributed by atoms with Gasteiger partial charge in [0.25, 0.3) is 5.91 Å². The molecular formula is C38H43N7O8. The van der Waals surface area contributed by atoms with Crippen LogP contribution in [0.15, 0.2) is 85.1 Å². The van der Waals surface area contributed by atoms with Crippen molar-refractivity contribution < 1.29 is 38.6 Å². The number of ether oxygens (including phenoxy) is 2. The van der Waals surface area contributed by atoms with Gasteiger partial charge < -0.3 is 40.7 Å². The number of hydrogen-bond donors (Lipinski definition) is 5. The van der Waals surface area contributed by atoms with E-state index in [4.69, 9.17) is 9.47 Å². The van der Waals surface area contributed by atoms with E-state index < -0.39 is 54.0 Å². The maximum Gasteiger partial charge on any atom is 0.265 e. The highest BCUT2D eigenvalue weighted by molar-refractivity contribution is 5.96. The molecule has 4 heterocycles. The van der Waals surface area contributed by atoms with Crippen molar-refractivity contribution in [3.8, 4) is 11.5 Å². The van der Waals surface area contributed by atoms with Crippen LogP contribution in [-0.2, 0) is 36.9 Å². The first kappa shape index (κ1) is 36.8. The maximum atomic E-state index is 14.5. The maximum absolute atomic E-state index is 14.5. The minimum atomic E-state index is -1.49. The average molecular weight is 726 g/mol. The zero-order chi connectivity index (χ0) is 37.4. The number of nitrogens with one attached hydrogen (secondary N) is 4. The van der Waals surface area contributed by atoms with Crippen LogP contribution in [-0.4, -0.2) is 106 Å². The van der Waals surface area contributed by atoms with Gasteiger partial charge in [-0.05, 0) is 42.8 Å². The number of nitrogens with zero attached hydrogens (tertiary/aromatic N) is 3. The summed E-state index contributed by atoms with van der Waals surface area (Å²) in [5.74, 6) is -1.86. The van der Waals surface area contributed by atoms with E-state index in [0.29, 0.717) is 11.5 Å². The van der Waals surface area contributed by atoms with Crippen LogP contribution in [0.1, 0.15) is 25.3 Å². The normalized spacial score (nSPS) is 21.5. The number of likely N-dealkylation sites (tertiary alicyclic amines) is 1. The van der Waals surface area contributed by atoms with E-state index in [1.54, 1.807) is 64.3 Å². The number of amides is 5. The molecule has 15 heteroatoms. The Kier molecular flexibility index (Phi) is 11.5. The summed E-state index contributed by atoms with van der Waals surface area (Å²) in [6, 6.07) is 19.7. The summed E-state index contributed by atoms with van der Waals surface area (Å²) in [5, 5.41) is 26.0. The third-order valence-electron chi connectivity index (χ3n) is 9.45. The van der Waals surface area contributed by atoms with Crippen LogP contribution in [0.5, 0.6) is 11.5 Å². The van der Waals surface area contributed by atoms with Gasteiger partial charge in [-0.2, -0.15) is 5.10 Å². The highest BCUT2D eigenvalue weighted by Gasteiger charge is 2.46. The van der Waals surface area contributed by atoms with E-state index in [1.807, 2.05) is 30.3 Å². The molecule has 278 valence electrons. The Morgan fingerprint density at radius 3 is 2.26 bits per heavy atom. The number of aromatic nitrogens is 2. The summed E-state index contributed by atoms with van der Waals surface area (Å²) >= 11 is 0. The van der Waals surface area contributed by atoms with Crippen LogP contribution in [0.3, 0.4) is 0 Å². The summed E-state index contributed by atoms with van der Waals surface area (Å²) in [5.41, 5.74) is 0.0818. The van der Waals surface area contributed by atoms with E-state index in [0.717, 1.165) is 16.5 Å². The Morgan fingerprint density at radius 2 is 1.53 bits per heavy atom. The van der Waals surface area contributed by atoms with Crippen molar-refractivity contribution in [2.45, 2.75) is 56.5 Å². The van der Waals surface area contributed by atoms with Crippen LogP contribution >= 0.6 is 0 Å². The molecule has 3 atom stereocenters.